The van der Waals surface area contributed by atoms with Crippen LogP contribution in [-0.2, 0) is 13.1 Å². The highest BCUT2D eigenvalue weighted by Gasteiger charge is 2.10. The monoisotopic (exact) mass is 367 g/mol. The molecule has 0 aliphatic heterocycles. The highest BCUT2D eigenvalue weighted by atomic mass is 79.9. The smallest absolute Gasteiger partial charge is 0.159 e. The van der Waals surface area contributed by atoms with Gasteiger partial charge in [0.1, 0.15) is 5.75 Å². The summed E-state index contributed by atoms with van der Waals surface area (Å²) in [6.07, 6.45) is 0. The van der Waals surface area contributed by atoms with Gasteiger partial charge in [-0.15, -0.1) is 11.3 Å². The number of benzene rings is 1. The predicted octanol–water partition coefficient (Wildman–Crippen LogP) is 4.35. The largest absolute Gasteiger partial charge is 0.496 e. The van der Waals surface area contributed by atoms with Gasteiger partial charge >= 0.3 is 0 Å². The number of carbonyl (C=O) groups excluding carboxylic acids is 1. The number of Topliss-reactive ketones (excluding diaryl/α,β-unsaturated/α-hetero) is 1. The summed E-state index contributed by atoms with van der Waals surface area (Å²) in [7, 11) is 3.72. The van der Waals surface area contributed by atoms with Gasteiger partial charge in [-0.05, 0) is 65.1 Å². The molecule has 0 N–H and O–H groups in total. The molecule has 2 rings (SSSR count). The number of thiophene rings is 1. The van der Waals surface area contributed by atoms with E-state index in [1.165, 1.54) is 5.56 Å². The van der Waals surface area contributed by atoms with Gasteiger partial charge in [-0.3, -0.25) is 9.69 Å². The molecule has 1 heterocycles. The molecular weight excluding hydrogens is 350 g/mol. The molecule has 21 heavy (non-hydrogen) atoms. The normalized spacial score (nSPS) is 10.9. The maximum absolute atomic E-state index is 11.5. The average Bonchev–Trinajstić information content (AvgIpc) is 2.83. The van der Waals surface area contributed by atoms with Crippen LogP contribution < -0.4 is 4.74 Å². The van der Waals surface area contributed by atoms with E-state index in [0.717, 1.165) is 33.8 Å². The van der Waals surface area contributed by atoms with E-state index in [1.54, 1.807) is 31.4 Å². The minimum absolute atomic E-state index is 0.0725. The first-order chi connectivity index (χ1) is 9.99. The Kier molecular flexibility index (Phi) is 5.56. The van der Waals surface area contributed by atoms with Crippen molar-refractivity contribution in [1.82, 2.24) is 4.90 Å². The zero-order valence-electron chi connectivity index (χ0n) is 12.4. The van der Waals surface area contributed by atoms with Crippen LogP contribution >= 0.6 is 27.3 Å². The number of ketones is 1. The van der Waals surface area contributed by atoms with Crippen molar-refractivity contribution in [3.05, 3.63) is 50.1 Å². The van der Waals surface area contributed by atoms with Crippen molar-refractivity contribution in [2.75, 3.05) is 14.2 Å². The van der Waals surface area contributed by atoms with Gasteiger partial charge in [0.2, 0.25) is 0 Å². The Morgan fingerprint density at radius 3 is 2.67 bits per heavy atom. The fourth-order valence-corrected chi connectivity index (χ4v) is 3.41. The van der Waals surface area contributed by atoms with E-state index in [0.29, 0.717) is 0 Å². The van der Waals surface area contributed by atoms with Crippen molar-refractivity contribution < 1.29 is 9.53 Å². The molecule has 1 aromatic heterocycles. The minimum Gasteiger partial charge on any atom is -0.496 e. The molecule has 0 aliphatic carbocycles. The summed E-state index contributed by atoms with van der Waals surface area (Å²) < 4.78 is 6.53. The van der Waals surface area contributed by atoms with E-state index in [2.05, 4.69) is 39.3 Å². The molecule has 0 saturated carbocycles. The van der Waals surface area contributed by atoms with E-state index in [4.69, 9.17) is 4.74 Å². The maximum atomic E-state index is 11.5. The van der Waals surface area contributed by atoms with Gasteiger partial charge in [-0.2, -0.15) is 0 Å². The van der Waals surface area contributed by atoms with Crippen molar-refractivity contribution in [2.24, 2.45) is 0 Å². The molecule has 0 spiro atoms. The zero-order valence-corrected chi connectivity index (χ0v) is 14.8. The number of halogens is 1. The lowest BCUT2D eigenvalue weighted by Gasteiger charge is -2.18. The molecule has 0 amide bonds. The van der Waals surface area contributed by atoms with Crippen LogP contribution in [0.1, 0.15) is 28.4 Å². The van der Waals surface area contributed by atoms with Gasteiger partial charge in [0.05, 0.1) is 10.9 Å². The quantitative estimate of drug-likeness (QED) is 0.710. The molecule has 5 heteroatoms. The first kappa shape index (κ1) is 16.2. The van der Waals surface area contributed by atoms with E-state index >= 15 is 0 Å². The maximum Gasteiger partial charge on any atom is 0.159 e. The molecule has 3 nitrogen and oxygen atoms in total. The zero-order chi connectivity index (χ0) is 15.4. The predicted molar refractivity (Wildman–Crippen MR) is 90.2 cm³/mol. The van der Waals surface area contributed by atoms with E-state index < -0.39 is 0 Å². The molecular formula is C16H18BrNO2S. The van der Waals surface area contributed by atoms with Gasteiger partial charge in [-0.1, -0.05) is 0 Å². The second kappa shape index (κ2) is 7.20. The number of hydrogen-bond donors (Lipinski definition) is 0. The highest BCUT2D eigenvalue weighted by Crippen LogP contribution is 2.24. The van der Waals surface area contributed by atoms with Gasteiger partial charge < -0.3 is 4.74 Å². The molecule has 0 atom stereocenters. The van der Waals surface area contributed by atoms with Crippen molar-refractivity contribution in [3.63, 3.8) is 0 Å². The summed E-state index contributed by atoms with van der Waals surface area (Å²) in [5, 5.41) is 2.14. The second-order valence-electron chi connectivity index (χ2n) is 5.01. The summed E-state index contributed by atoms with van der Waals surface area (Å²) in [5.41, 5.74) is 3.02. The van der Waals surface area contributed by atoms with Crippen molar-refractivity contribution in [2.45, 2.75) is 20.0 Å². The molecule has 1 aromatic carbocycles. The third-order valence-corrected chi connectivity index (χ3v) is 4.75. The van der Waals surface area contributed by atoms with Gasteiger partial charge in [0, 0.05) is 24.2 Å². The van der Waals surface area contributed by atoms with Gasteiger partial charge in [-0.25, -0.2) is 0 Å². The number of carbonyl (C=O) groups is 1. The summed E-state index contributed by atoms with van der Waals surface area (Å²) in [4.78, 5) is 13.7. The first-order valence-corrected chi connectivity index (χ1v) is 8.26. The fourth-order valence-electron chi connectivity index (χ4n) is 2.21. The number of methoxy groups -OCH3 is 1. The lowest BCUT2D eigenvalue weighted by molar-refractivity contribution is 0.101. The molecule has 112 valence electrons. The Morgan fingerprint density at radius 1 is 1.33 bits per heavy atom. The van der Waals surface area contributed by atoms with Crippen LogP contribution in [0.2, 0.25) is 0 Å². The Bertz CT molecular complexity index is 639. The van der Waals surface area contributed by atoms with Gasteiger partial charge in [0.25, 0.3) is 0 Å². The molecule has 2 aromatic rings. The Morgan fingerprint density at radius 2 is 2.10 bits per heavy atom. The van der Waals surface area contributed by atoms with Crippen LogP contribution in [0.25, 0.3) is 0 Å². The standard InChI is InChI=1S/C16H18BrNO2S/c1-11(19)13-4-5-15(20-3)14(7-13)9-18(2)8-12-6-16(17)21-10-12/h4-7,10H,8-9H2,1-3H3. The van der Waals surface area contributed by atoms with Crippen molar-refractivity contribution in [1.29, 1.82) is 0 Å². The van der Waals surface area contributed by atoms with Crippen LogP contribution in [0.4, 0.5) is 0 Å². The van der Waals surface area contributed by atoms with Crippen molar-refractivity contribution >= 4 is 33.0 Å². The van der Waals surface area contributed by atoms with Crippen LogP contribution in [-0.4, -0.2) is 24.8 Å². The molecule has 0 radical (unpaired) electrons. The van der Waals surface area contributed by atoms with Crippen LogP contribution in [0.15, 0.2) is 33.4 Å². The van der Waals surface area contributed by atoms with E-state index in [1.807, 2.05) is 12.1 Å². The third kappa shape index (κ3) is 4.40. The second-order valence-corrected chi connectivity index (χ2v) is 7.30. The van der Waals surface area contributed by atoms with Crippen LogP contribution in [0.5, 0.6) is 5.75 Å². The Labute approximate surface area is 137 Å². The van der Waals surface area contributed by atoms with E-state index in [9.17, 15) is 4.79 Å². The molecule has 0 bridgehead atoms. The SMILES string of the molecule is COc1ccc(C(C)=O)cc1CN(C)Cc1csc(Br)c1. The number of ether oxygens (including phenoxy) is 1. The lowest BCUT2D eigenvalue weighted by Crippen LogP contribution is -2.17. The minimum atomic E-state index is 0.0725. The first-order valence-electron chi connectivity index (χ1n) is 6.59. The molecule has 0 fully saturated rings. The van der Waals surface area contributed by atoms with Crippen molar-refractivity contribution in [3.8, 4) is 5.75 Å². The fraction of sp³-hybridized carbons (Fsp3) is 0.312. The Hall–Kier alpha value is -1.17. The topological polar surface area (TPSA) is 29.5 Å². The average molecular weight is 368 g/mol. The summed E-state index contributed by atoms with van der Waals surface area (Å²) >= 11 is 5.17. The number of hydrogen-bond acceptors (Lipinski definition) is 4. The summed E-state index contributed by atoms with van der Waals surface area (Å²) in [6.45, 7) is 3.17. The number of rotatable bonds is 6. The van der Waals surface area contributed by atoms with E-state index in [-0.39, 0.29) is 5.78 Å². The highest BCUT2D eigenvalue weighted by molar-refractivity contribution is 9.11. The molecule has 0 unspecified atom stereocenters. The number of nitrogens with zero attached hydrogens (tertiary/aromatic N) is 1. The molecule has 0 aliphatic rings. The summed E-state index contributed by atoms with van der Waals surface area (Å²) in [6, 6.07) is 7.72. The van der Waals surface area contributed by atoms with Crippen LogP contribution in [0, 0.1) is 0 Å². The van der Waals surface area contributed by atoms with Crippen LogP contribution in [0.3, 0.4) is 0 Å². The van der Waals surface area contributed by atoms with Gasteiger partial charge in [0.15, 0.2) is 5.78 Å². The summed E-state index contributed by atoms with van der Waals surface area (Å²) in [5.74, 6) is 0.890. The third-order valence-electron chi connectivity index (χ3n) is 3.20. The molecule has 0 saturated heterocycles. The lowest BCUT2D eigenvalue weighted by atomic mass is 10.1. The Balaban J connectivity index is 2.13.